The summed E-state index contributed by atoms with van der Waals surface area (Å²) in [7, 11) is 1.77. The summed E-state index contributed by atoms with van der Waals surface area (Å²) in [5.74, 6) is -0.346. The fraction of sp³-hybridized carbons (Fsp3) is 0.200. The van der Waals surface area contributed by atoms with Gasteiger partial charge in [0.25, 0.3) is 5.91 Å². The van der Waals surface area contributed by atoms with Crippen LogP contribution in [0.2, 0.25) is 0 Å². The first-order valence-corrected chi connectivity index (χ1v) is 7.90. The molecule has 0 fully saturated rings. The molecule has 24 heavy (non-hydrogen) atoms. The van der Waals surface area contributed by atoms with Crippen LogP contribution < -0.4 is 10.6 Å². The second-order valence-electron chi connectivity index (χ2n) is 4.92. The van der Waals surface area contributed by atoms with Gasteiger partial charge in [0.05, 0.1) is 5.57 Å². The lowest BCUT2D eigenvalue weighted by atomic mass is 9.93. The summed E-state index contributed by atoms with van der Waals surface area (Å²) in [6, 6.07) is 7.33. The van der Waals surface area contributed by atoms with Crippen molar-refractivity contribution in [3.05, 3.63) is 71.5 Å². The average Bonchev–Trinajstić information content (AvgIpc) is 2.63. The molecule has 2 rings (SSSR count). The molecule has 0 aliphatic carbocycles. The number of nitrogens with one attached hydrogen (secondary N) is 2. The number of hydrogen-bond donors (Lipinski definition) is 2. The van der Waals surface area contributed by atoms with Crippen LogP contribution >= 0.6 is 0 Å². The third-order valence-electron chi connectivity index (χ3n) is 3.40. The molecule has 0 saturated carbocycles. The largest absolute Gasteiger partial charge is 0.388 e. The van der Waals surface area contributed by atoms with Gasteiger partial charge in [0.15, 0.2) is 6.29 Å². The lowest BCUT2D eigenvalue weighted by Gasteiger charge is -2.15. The summed E-state index contributed by atoms with van der Waals surface area (Å²) in [6.07, 6.45) is 5.89. The Labute approximate surface area is 143 Å². The first-order chi connectivity index (χ1) is 11.6. The van der Waals surface area contributed by atoms with Crippen molar-refractivity contribution in [2.45, 2.75) is 20.8 Å². The standard InChI is InChI=1S/C18H18N2O2.C2H6/c1-12-8-9-13(2)17(18(22)20-10-12)15(11-21)14-6-4-5-7-16(14)19-3;1-2/h4-11,19H,2H2,1,3H3,(H,20,22);1-2H3/b9-8-,12-10-,17-15-;. The Balaban J connectivity index is 0.00000139. The SMILES string of the molecule is C=C1/C=C\C(C)=C/NC(=O)/C1=C(/C=O)c1ccccc1NC.CC. The maximum atomic E-state index is 12.4. The predicted molar refractivity (Wildman–Crippen MR) is 101 cm³/mol. The van der Waals surface area contributed by atoms with Gasteiger partial charge in [-0.1, -0.05) is 50.8 Å². The highest BCUT2D eigenvalue weighted by Crippen LogP contribution is 2.28. The van der Waals surface area contributed by atoms with E-state index in [4.69, 9.17) is 0 Å². The van der Waals surface area contributed by atoms with Gasteiger partial charge in [0.1, 0.15) is 0 Å². The molecule has 1 aliphatic heterocycles. The van der Waals surface area contributed by atoms with E-state index >= 15 is 0 Å². The molecule has 1 aliphatic rings. The van der Waals surface area contributed by atoms with Gasteiger partial charge in [-0.05, 0) is 24.1 Å². The molecule has 1 aromatic rings. The number of para-hydroxylation sites is 1. The van der Waals surface area contributed by atoms with Crippen LogP contribution in [0.25, 0.3) is 5.57 Å². The minimum absolute atomic E-state index is 0.276. The van der Waals surface area contributed by atoms with E-state index in [9.17, 15) is 9.59 Å². The normalized spacial score (nSPS) is 19.4. The van der Waals surface area contributed by atoms with Gasteiger partial charge in [-0.25, -0.2) is 0 Å². The van der Waals surface area contributed by atoms with Crippen molar-refractivity contribution in [2.24, 2.45) is 0 Å². The number of anilines is 1. The maximum Gasteiger partial charge on any atom is 0.256 e. The van der Waals surface area contributed by atoms with Crippen molar-refractivity contribution in [3.63, 3.8) is 0 Å². The van der Waals surface area contributed by atoms with Crippen LogP contribution in [-0.4, -0.2) is 19.2 Å². The van der Waals surface area contributed by atoms with Crippen LogP contribution in [0.1, 0.15) is 26.3 Å². The minimum atomic E-state index is -0.346. The predicted octanol–water partition coefficient (Wildman–Crippen LogP) is 3.85. The average molecular weight is 324 g/mol. The number of amides is 1. The van der Waals surface area contributed by atoms with Crippen molar-refractivity contribution in [3.8, 4) is 0 Å². The zero-order chi connectivity index (χ0) is 18.1. The van der Waals surface area contributed by atoms with E-state index in [1.54, 1.807) is 25.4 Å². The summed E-state index contributed by atoms with van der Waals surface area (Å²) >= 11 is 0. The number of rotatable bonds is 3. The van der Waals surface area contributed by atoms with E-state index in [0.717, 1.165) is 11.3 Å². The third kappa shape index (κ3) is 4.32. The Morgan fingerprint density at radius 1 is 1.21 bits per heavy atom. The molecule has 0 aromatic heterocycles. The molecule has 0 spiro atoms. The highest BCUT2D eigenvalue weighted by Gasteiger charge is 2.20. The van der Waals surface area contributed by atoms with Gasteiger partial charge in [-0.2, -0.15) is 0 Å². The lowest BCUT2D eigenvalue weighted by molar-refractivity contribution is -0.116. The fourth-order valence-electron chi connectivity index (χ4n) is 2.25. The highest BCUT2D eigenvalue weighted by atomic mass is 16.1. The highest BCUT2D eigenvalue weighted by molar-refractivity contribution is 6.21. The van der Waals surface area contributed by atoms with Gasteiger partial charge in [-0.3, -0.25) is 9.59 Å². The van der Waals surface area contributed by atoms with Crippen molar-refractivity contribution in [2.75, 3.05) is 12.4 Å². The monoisotopic (exact) mass is 324 g/mol. The van der Waals surface area contributed by atoms with E-state index in [1.807, 2.05) is 45.0 Å². The summed E-state index contributed by atoms with van der Waals surface area (Å²) in [5.41, 5.74) is 3.42. The second kappa shape index (κ2) is 9.30. The molecule has 4 nitrogen and oxygen atoms in total. The Bertz CT molecular complexity index is 725. The fourth-order valence-corrected chi connectivity index (χ4v) is 2.25. The summed E-state index contributed by atoms with van der Waals surface area (Å²) in [5, 5.41) is 5.72. The topological polar surface area (TPSA) is 58.2 Å². The van der Waals surface area contributed by atoms with E-state index < -0.39 is 0 Å². The first kappa shape index (κ1) is 19.2. The minimum Gasteiger partial charge on any atom is -0.388 e. The Morgan fingerprint density at radius 3 is 2.50 bits per heavy atom. The molecule has 4 heteroatoms. The van der Waals surface area contributed by atoms with Gasteiger partial charge in [0, 0.05) is 30.1 Å². The van der Waals surface area contributed by atoms with Crippen molar-refractivity contribution >= 4 is 23.5 Å². The van der Waals surface area contributed by atoms with Gasteiger partial charge in [-0.15, -0.1) is 0 Å². The zero-order valence-electron chi connectivity index (χ0n) is 14.6. The molecule has 126 valence electrons. The zero-order valence-corrected chi connectivity index (χ0v) is 14.6. The molecule has 0 unspecified atom stereocenters. The van der Waals surface area contributed by atoms with Crippen LogP contribution in [-0.2, 0) is 9.59 Å². The van der Waals surface area contributed by atoms with E-state index in [1.165, 1.54) is 0 Å². The number of carbonyl (C=O) groups excluding carboxylic acids is 2. The first-order valence-electron chi connectivity index (χ1n) is 7.90. The molecular formula is C20H24N2O2. The van der Waals surface area contributed by atoms with Crippen LogP contribution in [0, 0.1) is 0 Å². The summed E-state index contributed by atoms with van der Waals surface area (Å²) in [4.78, 5) is 24.1. The molecular weight excluding hydrogens is 300 g/mol. The van der Waals surface area contributed by atoms with Crippen LogP contribution in [0.3, 0.4) is 0 Å². The molecule has 1 heterocycles. The molecule has 1 amide bonds. The van der Waals surface area contributed by atoms with Crippen LogP contribution in [0.15, 0.2) is 65.9 Å². The van der Waals surface area contributed by atoms with Crippen molar-refractivity contribution in [1.82, 2.24) is 5.32 Å². The molecule has 0 bridgehead atoms. The number of benzene rings is 1. The smallest absolute Gasteiger partial charge is 0.256 e. The maximum absolute atomic E-state index is 12.4. The summed E-state index contributed by atoms with van der Waals surface area (Å²) in [6.45, 7) is 9.79. The number of hydrogen-bond acceptors (Lipinski definition) is 3. The lowest BCUT2D eigenvalue weighted by Crippen LogP contribution is -2.23. The Hall–Kier alpha value is -2.88. The second-order valence-corrected chi connectivity index (χ2v) is 4.92. The Morgan fingerprint density at radius 2 is 1.88 bits per heavy atom. The van der Waals surface area contributed by atoms with Gasteiger partial charge < -0.3 is 10.6 Å². The van der Waals surface area contributed by atoms with E-state index in [2.05, 4.69) is 17.2 Å². The van der Waals surface area contributed by atoms with Crippen molar-refractivity contribution in [1.29, 1.82) is 0 Å². The number of allylic oxidation sites excluding steroid dienone is 4. The van der Waals surface area contributed by atoms with Crippen LogP contribution in [0.5, 0.6) is 0 Å². The summed E-state index contributed by atoms with van der Waals surface area (Å²) < 4.78 is 0. The number of carbonyl (C=O) groups is 2. The third-order valence-corrected chi connectivity index (χ3v) is 3.40. The molecule has 1 aromatic carbocycles. The van der Waals surface area contributed by atoms with E-state index in [-0.39, 0.29) is 11.5 Å². The molecule has 0 atom stereocenters. The molecule has 0 saturated heterocycles. The quantitative estimate of drug-likeness (QED) is 0.656. The van der Waals surface area contributed by atoms with Crippen LogP contribution in [0.4, 0.5) is 5.69 Å². The number of aldehydes is 1. The molecule has 0 radical (unpaired) electrons. The molecule has 2 N–H and O–H groups in total. The van der Waals surface area contributed by atoms with Crippen molar-refractivity contribution < 1.29 is 9.59 Å². The van der Waals surface area contributed by atoms with Gasteiger partial charge in [0.2, 0.25) is 0 Å². The van der Waals surface area contributed by atoms with E-state index in [0.29, 0.717) is 23.0 Å². The van der Waals surface area contributed by atoms with Gasteiger partial charge >= 0.3 is 0 Å². The Kier molecular flexibility index (Phi) is 7.43.